The number of nitrogens with zero attached hydrogens (tertiary/aromatic N) is 2. The fraction of sp³-hybridized carbons (Fsp3) is 0.412. The van der Waals surface area contributed by atoms with E-state index in [-0.39, 0.29) is 19.6 Å². The summed E-state index contributed by atoms with van der Waals surface area (Å²) in [7, 11) is -5.03. The van der Waals surface area contributed by atoms with Crippen LogP contribution in [0.2, 0.25) is 0 Å². The van der Waals surface area contributed by atoms with Gasteiger partial charge in [-0.15, -0.1) is 0 Å². The summed E-state index contributed by atoms with van der Waals surface area (Å²) < 4.78 is 98.4. The average Bonchev–Trinajstić information content (AvgIpc) is 3.16. The van der Waals surface area contributed by atoms with Crippen LogP contribution in [0.1, 0.15) is 18.5 Å². The largest absolute Gasteiger partial charge is 0.348 e. The van der Waals surface area contributed by atoms with Crippen LogP contribution in [0, 0.1) is 29.1 Å². The third-order valence-corrected chi connectivity index (χ3v) is 7.39. The van der Waals surface area contributed by atoms with Gasteiger partial charge in [0, 0.05) is 31.5 Å². The summed E-state index contributed by atoms with van der Waals surface area (Å²) in [4.78, 5) is -1.81. The van der Waals surface area contributed by atoms with Gasteiger partial charge in [0.2, 0.25) is 15.8 Å². The van der Waals surface area contributed by atoms with Crippen LogP contribution < -0.4 is 5.32 Å². The first-order valence-corrected chi connectivity index (χ1v) is 10.1. The van der Waals surface area contributed by atoms with E-state index in [1.165, 1.54) is 0 Å². The van der Waals surface area contributed by atoms with Crippen molar-refractivity contribution in [2.45, 2.75) is 29.8 Å². The minimum Gasteiger partial charge on any atom is -0.348 e. The highest BCUT2D eigenvalue weighted by Crippen LogP contribution is 2.42. The fourth-order valence-electron chi connectivity index (χ4n) is 4.16. The number of nitrogens with one attached hydrogen (secondary N) is 1. The molecule has 0 bridgehead atoms. The molecule has 152 valence electrons. The van der Waals surface area contributed by atoms with Crippen LogP contribution in [0.3, 0.4) is 0 Å². The van der Waals surface area contributed by atoms with Crippen molar-refractivity contribution in [3.8, 4) is 0 Å². The van der Waals surface area contributed by atoms with Crippen molar-refractivity contribution in [2.24, 2.45) is 0 Å². The zero-order valence-corrected chi connectivity index (χ0v) is 15.3. The summed E-state index contributed by atoms with van der Waals surface area (Å²) >= 11 is 0. The normalized spacial score (nSPS) is 23.2. The van der Waals surface area contributed by atoms with E-state index >= 15 is 0 Å². The molecule has 0 saturated carbocycles. The number of fused-ring (bicyclic) bond motifs is 2. The summed E-state index contributed by atoms with van der Waals surface area (Å²) in [5.74, 6) is -11.7. The Morgan fingerprint density at radius 3 is 2.21 bits per heavy atom. The van der Waals surface area contributed by atoms with Crippen LogP contribution in [0.25, 0.3) is 0 Å². The van der Waals surface area contributed by atoms with Crippen LogP contribution in [0.4, 0.5) is 22.0 Å². The molecule has 0 aliphatic carbocycles. The Labute approximate surface area is 157 Å². The molecule has 1 aromatic carbocycles. The summed E-state index contributed by atoms with van der Waals surface area (Å²) in [5.41, 5.74) is -0.572. The van der Waals surface area contributed by atoms with Crippen LogP contribution in [-0.2, 0) is 22.1 Å². The molecule has 5 nitrogen and oxygen atoms in total. The van der Waals surface area contributed by atoms with Crippen molar-refractivity contribution >= 4 is 10.0 Å². The molecular weight excluding hydrogens is 405 g/mol. The van der Waals surface area contributed by atoms with Gasteiger partial charge in [-0.3, -0.25) is 0 Å². The van der Waals surface area contributed by atoms with Crippen LogP contribution in [-0.4, -0.2) is 36.9 Å². The van der Waals surface area contributed by atoms with Crippen molar-refractivity contribution in [3.05, 3.63) is 53.1 Å². The molecule has 1 unspecified atom stereocenters. The number of hydrogen-bond donors (Lipinski definition) is 1. The molecule has 0 amide bonds. The zero-order chi connectivity index (χ0) is 20.3. The molecule has 1 N–H and O–H groups in total. The van der Waals surface area contributed by atoms with Gasteiger partial charge in [0.25, 0.3) is 0 Å². The molecule has 11 heteroatoms. The first-order valence-electron chi connectivity index (χ1n) is 8.62. The maximum Gasteiger partial charge on any atom is 0.250 e. The Morgan fingerprint density at radius 2 is 1.61 bits per heavy atom. The van der Waals surface area contributed by atoms with Gasteiger partial charge in [-0.2, -0.15) is 4.31 Å². The average molecular weight is 421 g/mol. The van der Waals surface area contributed by atoms with Crippen molar-refractivity contribution < 1.29 is 30.4 Å². The van der Waals surface area contributed by atoms with Gasteiger partial charge in [0.05, 0.1) is 5.54 Å². The van der Waals surface area contributed by atoms with Gasteiger partial charge in [0.1, 0.15) is 0 Å². The molecule has 1 saturated heterocycles. The van der Waals surface area contributed by atoms with Crippen LogP contribution in [0.5, 0.6) is 0 Å². The molecule has 2 aromatic rings. The monoisotopic (exact) mass is 421 g/mol. The molecule has 1 spiro atoms. The van der Waals surface area contributed by atoms with Gasteiger partial charge in [0.15, 0.2) is 28.2 Å². The van der Waals surface area contributed by atoms with Crippen LogP contribution in [0.15, 0.2) is 23.2 Å². The van der Waals surface area contributed by atoms with E-state index in [4.69, 9.17) is 0 Å². The highest BCUT2D eigenvalue weighted by atomic mass is 32.2. The number of benzene rings is 1. The van der Waals surface area contributed by atoms with E-state index < -0.39 is 49.5 Å². The Balaban J connectivity index is 1.93. The van der Waals surface area contributed by atoms with E-state index in [2.05, 4.69) is 5.32 Å². The number of hydrogen-bond acceptors (Lipinski definition) is 3. The van der Waals surface area contributed by atoms with Crippen LogP contribution >= 0.6 is 0 Å². The number of rotatable bonds is 2. The van der Waals surface area contributed by atoms with Gasteiger partial charge >= 0.3 is 0 Å². The van der Waals surface area contributed by atoms with Gasteiger partial charge in [-0.1, -0.05) is 0 Å². The van der Waals surface area contributed by atoms with E-state index in [9.17, 15) is 30.4 Å². The molecule has 2 aliphatic rings. The lowest BCUT2D eigenvalue weighted by atomic mass is 9.85. The molecule has 3 heterocycles. The zero-order valence-electron chi connectivity index (χ0n) is 14.5. The topological polar surface area (TPSA) is 54.3 Å². The molecule has 1 atom stereocenters. The first-order chi connectivity index (χ1) is 13.2. The van der Waals surface area contributed by atoms with Gasteiger partial charge < -0.3 is 9.88 Å². The first kappa shape index (κ1) is 19.3. The highest BCUT2D eigenvalue weighted by molar-refractivity contribution is 7.89. The smallest absolute Gasteiger partial charge is 0.250 e. The SMILES string of the molecule is O=S(=O)(c1c(F)c(F)c(F)c(F)c1F)N1CCn2cccc2C12CCCNC2. The van der Waals surface area contributed by atoms with Crippen molar-refractivity contribution in [1.82, 2.24) is 14.2 Å². The molecule has 1 aromatic heterocycles. The quantitative estimate of drug-likeness (QED) is 0.461. The second-order valence-electron chi connectivity index (χ2n) is 6.87. The Hall–Kier alpha value is -1.98. The van der Waals surface area contributed by atoms with E-state index in [0.717, 1.165) is 4.31 Å². The third kappa shape index (κ3) is 2.52. The summed E-state index contributed by atoms with van der Waals surface area (Å²) in [6.07, 6.45) is 2.68. The molecule has 2 aliphatic heterocycles. The lowest BCUT2D eigenvalue weighted by Crippen LogP contribution is -2.61. The predicted octanol–water partition coefficient (Wildman–Crippen LogP) is 2.47. The number of sulfonamides is 1. The molecule has 1 fully saturated rings. The van der Waals surface area contributed by atoms with Crippen molar-refractivity contribution in [1.29, 1.82) is 0 Å². The van der Waals surface area contributed by atoms with E-state index in [1.807, 2.05) is 4.57 Å². The minimum atomic E-state index is -5.03. The van der Waals surface area contributed by atoms with Crippen molar-refractivity contribution in [2.75, 3.05) is 19.6 Å². The summed E-state index contributed by atoms with van der Waals surface area (Å²) in [6, 6.07) is 3.42. The lowest BCUT2D eigenvalue weighted by Gasteiger charge is -2.48. The maximum absolute atomic E-state index is 14.3. The molecule has 0 radical (unpaired) electrons. The highest BCUT2D eigenvalue weighted by Gasteiger charge is 2.51. The maximum atomic E-state index is 14.3. The summed E-state index contributed by atoms with van der Waals surface area (Å²) in [6.45, 7) is 0.814. The van der Waals surface area contributed by atoms with Crippen molar-refractivity contribution in [3.63, 3.8) is 0 Å². The number of piperidine rings is 1. The van der Waals surface area contributed by atoms with Gasteiger partial charge in [-0.05, 0) is 31.5 Å². The fourth-order valence-corrected chi connectivity index (χ4v) is 6.05. The van der Waals surface area contributed by atoms with E-state index in [1.54, 1.807) is 18.3 Å². The molecular formula is C17H16F5N3O2S. The standard InChI is InChI=1S/C17H16F5N3O2S/c18-11-12(19)14(21)16(15(22)13(11)20)28(26,27)25-8-7-24-6-1-3-10(24)17(25)4-2-5-23-9-17/h1,3,6,23H,2,4-5,7-9H2. The minimum absolute atomic E-state index is 0.158. The second kappa shape index (κ2) is 6.53. The molecule has 28 heavy (non-hydrogen) atoms. The Kier molecular flexibility index (Phi) is 4.51. The lowest BCUT2D eigenvalue weighted by molar-refractivity contribution is 0.106. The van der Waals surface area contributed by atoms with E-state index in [0.29, 0.717) is 25.1 Å². The third-order valence-electron chi connectivity index (χ3n) is 5.41. The van der Waals surface area contributed by atoms with Gasteiger partial charge in [-0.25, -0.2) is 30.4 Å². The second-order valence-corrected chi connectivity index (χ2v) is 8.67. The molecule has 4 rings (SSSR count). The predicted molar refractivity (Wildman–Crippen MR) is 88.3 cm³/mol. The number of aromatic nitrogens is 1. The summed E-state index contributed by atoms with van der Waals surface area (Å²) in [5, 5.41) is 3.08. The number of halogens is 5. The Bertz CT molecular complexity index is 1020. The Morgan fingerprint density at radius 1 is 0.964 bits per heavy atom.